The summed E-state index contributed by atoms with van der Waals surface area (Å²) in [7, 11) is 0. The molecule has 6 heteroatoms. The van der Waals surface area contributed by atoms with Gasteiger partial charge in [0.1, 0.15) is 19.0 Å². The van der Waals surface area contributed by atoms with Gasteiger partial charge in [0.05, 0.1) is 11.3 Å². The molecular formula is C22H18BrNO4. The summed E-state index contributed by atoms with van der Waals surface area (Å²) in [5, 5.41) is 0. The fourth-order valence-corrected chi connectivity index (χ4v) is 3.84. The molecule has 0 aliphatic carbocycles. The highest BCUT2D eigenvalue weighted by Crippen LogP contribution is 2.42. The zero-order chi connectivity index (χ0) is 19.7. The molecule has 0 N–H and O–H groups in total. The van der Waals surface area contributed by atoms with Crippen molar-refractivity contribution in [3.8, 4) is 5.75 Å². The summed E-state index contributed by atoms with van der Waals surface area (Å²) >= 11 is 3.40. The summed E-state index contributed by atoms with van der Waals surface area (Å²) in [6.45, 7) is 4.16. The number of anilines is 1. The summed E-state index contributed by atoms with van der Waals surface area (Å²) in [4.78, 5) is 27.1. The molecule has 1 atom stereocenters. The average Bonchev–Trinajstić information content (AvgIpc) is 3.09. The van der Waals surface area contributed by atoms with E-state index in [1.54, 1.807) is 11.0 Å². The Kier molecular flexibility index (Phi) is 5.05. The van der Waals surface area contributed by atoms with Crippen LogP contribution in [-0.2, 0) is 14.3 Å². The fraction of sp³-hybridized carbons (Fsp3) is 0.182. The van der Waals surface area contributed by atoms with Crippen molar-refractivity contribution in [3.05, 3.63) is 82.5 Å². The maximum atomic E-state index is 13.0. The molecule has 1 amide bonds. The van der Waals surface area contributed by atoms with Crippen molar-refractivity contribution in [1.82, 2.24) is 0 Å². The van der Waals surface area contributed by atoms with Crippen molar-refractivity contribution >= 4 is 33.5 Å². The van der Waals surface area contributed by atoms with Gasteiger partial charge in [-0.05, 0) is 42.0 Å². The molecule has 28 heavy (non-hydrogen) atoms. The SMILES string of the molecule is C=CCOc1ccc(C2CC(=O)N(c3ccc(Br)cc3)C3=C2C(=O)OC3)cc1. The van der Waals surface area contributed by atoms with Gasteiger partial charge in [0, 0.05) is 22.5 Å². The third kappa shape index (κ3) is 3.36. The van der Waals surface area contributed by atoms with Crippen molar-refractivity contribution in [2.24, 2.45) is 0 Å². The van der Waals surface area contributed by atoms with E-state index in [0.717, 1.165) is 15.7 Å². The Morgan fingerprint density at radius 1 is 1.14 bits per heavy atom. The van der Waals surface area contributed by atoms with Crippen molar-refractivity contribution in [3.63, 3.8) is 0 Å². The topological polar surface area (TPSA) is 55.8 Å². The number of amides is 1. The van der Waals surface area contributed by atoms with Crippen molar-refractivity contribution in [2.45, 2.75) is 12.3 Å². The Hall–Kier alpha value is -2.86. The highest BCUT2D eigenvalue weighted by molar-refractivity contribution is 9.10. The number of cyclic esters (lactones) is 1. The van der Waals surface area contributed by atoms with Gasteiger partial charge in [0.25, 0.3) is 0 Å². The van der Waals surface area contributed by atoms with Crippen LogP contribution in [0.15, 0.2) is 76.9 Å². The molecule has 0 bridgehead atoms. The maximum Gasteiger partial charge on any atom is 0.336 e. The number of hydrogen-bond donors (Lipinski definition) is 0. The maximum absolute atomic E-state index is 13.0. The van der Waals surface area contributed by atoms with Crippen LogP contribution in [-0.4, -0.2) is 25.1 Å². The second kappa shape index (κ2) is 7.64. The Morgan fingerprint density at radius 3 is 2.54 bits per heavy atom. The minimum absolute atomic E-state index is 0.0589. The van der Waals surface area contributed by atoms with Gasteiger partial charge in [-0.15, -0.1) is 0 Å². The fourth-order valence-electron chi connectivity index (χ4n) is 3.58. The van der Waals surface area contributed by atoms with Crippen LogP contribution >= 0.6 is 15.9 Å². The van der Waals surface area contributed by atoms with E-state index in [2.05, 4.69) is 22.5 Å². The van der Waals surface area contributed by atoms with Gasteiger partial charge in [0.15, 0.2) is 0 Å². The van der Waals surface area contributed by atoms with E-state index in [4.69, 9.17) is 9.47 Å². The van der Waals surface area contributed by atoms with Crippen LogP contribution in [0.1, 0.15) is 17.9 Å². The Bertz CT molecular complexity index is 963. The molecule has 2 aromatic carbocycles. The first-order valence-electron chi connectivity index (χ1n) is 8.91. The second-order valence-electron chi connectivity index (χ2n) is 6.57. The van der Waals surface area contributed by atoms with Gasteiger partial charge < -0.3 is 9.47 Å². The molecule has 0 saturated heterocycles. The van der Waals surface area contributed by atoms with E-state index in [9.17, 15) is 9.59 Å². The summed E-state index contributed by atoms with van der Waals surface area (Å²) in [6, 6.07) is 14.9. The molecule has 0 spiro atoms. The van der Waals surface area contributed by atoms with E-state index in [1.165, 1.54) is 0 Å². The van der Waals surface area contributed by atoms with Crippen LogP contribution in [0.5, 0.6) is 5.75 Å². The Balaban J connectivity index is 1.70. The monoisotopic (exact) mass is 439 g/mol. The molecule has 2 aliphatic heterocycles. The average molecular weight is 440 g/mol. The van der Waals surface area contributed by atoms with E-state index >= 15 is 0 Å². The van der Waals surface area contributed by atoms with Crippen LogP contribution < -0.4 is 9.64 Å². The van der Waals surface area contributed by atoms with Gasteiger partial charge in [-0.3, -0.25) is 9.69 Å². The molecule has 2 aromatic rings. The zero-order valence-electron chi connectivity index (χ0n) is 15.1. The molecule has 5 nitrogen and oxygen atoms in total. The number of rotatable bonds is 5. The van der Waals surface area contributed by atoms with Gasteiger partial charge in [-0.1, -0.05) is 40.7 Å². The number of carbonyl (C=O) groups is 2. The van der Waals surface area contributed by atoms with Crippen LogP contribution in [0.25, 0.3) is 0 Å². The highest BCUT2D eigenvalue weighted by atomic mass is 79.9. The number of hydrogen-bond acceptors (Lipinski definition) is 4. The largest absolute Gasteiger partial charge is 0.490 e. The van der Waals surface area contributed by atoms with E-state index < -0.39 is 0 Å². The Labute approximate surface area is 171 Å². The lowest BCUT2D eigenvalue weighted by Crippen LogP contribution is -2.37. The number of halogens is 1. The first-order valence-corrected chi connectivity index (χ1v) is 9.70. The minimum Gasteiger partial charge on any atom is -0.490 e. The number of ether oxygens (including phenoxy) is 2. The summed E-state index contributed by atoms with van der Waals surface area (Å²) in [5.41, 5.74) is 2.80. The molecule has 0 radical (unpaired) electrons. The van der Waals surface area contributed by atoms with Gasteiger partial charge >= 0.3 is 5.97 Å². The lowest BCUT2D eigenvalue weighted by Gasteiger charge is -2.32. The third-order valence-corrected chi connectivity index (χ3v) is 5.38. The predicted molar refractivity (Wildman–Crippen MR) is 109 cm³/mol. The highest BCUT2D eigenvalue weighted by Gasteiger charge is 2.42. The Morgan fingerprint density at radius 2 is 1.86 bits per heavy atom. The standard InChI is InChI=1S/C22H18BrNO4/c1-2-11-27-17-9-3-14(4-10-17)18-12-20(25)24(16-7-5-15(23)6-8-16)19-13-28-22(26)21(18)19/h2-10,18H,1,11-13H2. The molecule has 0 fully saturated rings. The molecule has 0 aromatic heterocycles. The van der Waals surface area contributed by atoms with E-state index in [1.807, 2.05) is 48.5 Å². The normalized spacial score (nSPS) is 18.8. The van der Waals surface area contributed by atoms with Crippen LogP contribution in [0.2, 0.25) is 0 Å². The minimum atomic E-state index is -0.360. The number of nitrogens with zero attached hydrogens (tertiary/aromatic N) is 1. The number of carbonyl (C=O) groups excluding carboxylic acids is 2. The van der Waals surface area contributed by atoms with Crippen molar-refractivity contribution in [1.29, 1.82) is 0 Å². The van der Waals surface area contributed by atoms with Crippen molar-refractivity contribution < 1.29 is 19.1 Å². The summed E-state index contributed by atoms with van der Waals surface area (Å²) in [6.07, 6.45) is 1.88. The van der Waals surface area contributed by atoms with Crippen LogP contribution in [0.3, 0.4) is 0 Å². The van der Waals surface area contributed by atoms with Gasteiger partial charge in [0.2, 0.25) is 5.91 Å². The summed E-state index contributed by atoms with van der Waals surface area (Å²) < 4.78 is 11.7. The second-order valence-corrected chi connectivity index (χ2v) is 7.48. The number of esters is 1. The van der Waals surface area contributed by atoms with Gasteiger partial charge in [-0.2, -0.15) is 0 Å². The zero-order valence-corrected chi connectivity index (χ0v) is 16.6. The first-order chi connectivity index (χ1) is 13.6. The summed E-state index contributed by atoms with van der Waals surface area (Å²) in [5.74, 6) is -0.0268. The van der Waals surface area contributed by atoms with E-state index in [-0.39, 0.29) is 30.8 Å². The number of benzene rings is 2. The lowest BCUT2D eigenvalue weighted by atomic mass is 9.84. The third-order valence-electron chi connectivity index (χ3n) is 4.85. The first kappa shape index (κ1) is 18.5. The molecular weight excluding hydrogens is 422 g/mol. The van der Waals surface area contributed by atoms with E-state index in [0.29, 0.717) is 23.6 Å². The lowest BCUT2D eigenvalue weighted by molar-refractivity contribution is -0.136. The molecule has 0 saturated carbocycles. The van der Waals surface area contributed by atoms with Crippen LogP contribution in [0, 0.1) is 0 Å². The molecule has 2 heterocycles. The van der Waals surface area contributed by atoms with Crippen molar-refractivity contribution in [2.75, 3.05) is 18.1 Å². The molecule has 1 unspecified atom stereocenters. The predicted octanol–water partition coefficient (Wildman–Crippen LogP) is 4.35. The van der Waals surface area contributed by atoms with Gasteiger partial charge in [-0.25, -0.2) is 4.79 Å². The molecule has 4 rings (SSSR count). The molecule has 142 valence electrons. The smallest absolute Gasteiger partial charge is 0.336 e. The quantitative estimate of drug-likeness (QED) is 0.513. The van der Waals surface area contributed by atoms with Crippen LogP contribution in [0.4, 0.5) is 5.69 Å². The molecule has 2 aliphatic rings.